The van der Waals surface area contributed by atoms with Crippen molar-refractivity contribution >= 4 is 36.5 Å². The van der Waals surface area contributed by atoms with Crippen LogP contribution in [-0.4, -0.2) is 75.7 Å². The molecule has 186 valence electrons. The molecule has 9 nitrogen and oxygen atoms in total. The molecule has 1 atom stereocenters. The zero-order valence-corrected chi connectivity index (χ0v) is 21.9. The van der Waals surface area contributed by atoms with Gasteiger partial charge in [0.05, 0.1) is 12.2 Å². The molecule has 0 aromatic carbocycles. The first-order valence-electron chi connectivity index (χ1n) is 10.9. The van der Waals surface area contributed by atoms with Gasteiger partial charge in [0, 0.05) is 24.8 Å². The highest BCUT2D eigenvalue weighted by molar-refractivity contribution is 5.91. The van der Waals surface area contributed by atoms with E-state index in [1.165, 1.54) is 0 Å². The molecule has 34 heavy (non-hydrogen) atoms. The van der Waals surface area contributed by atoms with Crippen molar-refractivity contribution in [1.29, 1.82) is 0 Å². The van der Waals surface area contributed by atoms with Crippen LogP contribution < -0.4 is 5.32 Å². The first kappa shape index (κ1) is 27.8. The van der Waals surface area contributed by atoms with Crippen molar-refractivity contribution < 1.29 is 9.21 Å². The minimum Gasteiger partial charge on any atom is -0.458 e. The molecule has 0 aliphatic carbocycles. The number of nitrogens with one attached hydrogen (secondary N) is 1. The lowest BCUT2D eigenvalue weighted by atomic mass is 10.1. The standard InChI is InChI=1S/C23H31N7O2.2ClH/c1-15-10-16(2)30(27-15)21-11-20(25-23(26-21)19-7-6-17(3)32-19)24-22(31)14-29-9-8-18(13-29)12-28(4)5;;/h6-7,10-11,18H,8-9,12-14H2,1-5H3,(H,24,25,26,31);2*1H/t18-;;/m1../s1. The molecule has 1 saturated heterocycles. The number of aryl methyl sites for hydroxylation is 3. The summed E-state index contributed by atoms with van der Waals surface area (Å²) in [6.45, 7) is 9.03. The van der Waals surface area contributed by atoms with Crippen LogP contribution in [0, 0.1) is 26.7 Å². The predicted molar refractivity (Wildman–Crippen MR) is 137 cm³/mol. The fourth-order valence-corrected chi connectivity index (χ4v) is 4.24. The van der Waals surface area contributed by atoms with Gasteiger partial charge in [-0.05, 0) is 71.9 Å². The van der Waals surface area contributed by atoms with Crippen LogP contribution in [0.4, 0.5) is 5.82 Å². The number of likely N-dealkylation sites (tertiary alicyclic amines) is 1. The molecule has 0 radical (unpaired) electrons. The number of furan rings is 1. The smallest absolute Gasteiger partial charge is 0.239 e. The Morgan fingerprint density at radius 2 is 1.94 bits per heavy atom. The van der Waals surface area contributed by atoms with E-state index in [-0.39, 0.29) is 30.7 Å². The van der Waals surface area contributed by atoms with Crippen molar-refractivity contribution in [2.45, 2.75) is 27.2 Å². The summed E-state index contributed by atoms with van der Waals surface area (Å²) in [5, 5.41) is 7.48. The molecule has 1 aliphatic heterocycles. The van der Waals surface area contributed by atoms with E-state index in [0.29, 0.717) is 35.7 Å². The summed E-state index contributed by atoms with van der Waals surface area (Å²) in [6.07, 6.45) is 1.11. The van der Waals surface area contributed by atoms with Gasteiger partial charge in [0.15, 0.2) is 17.4 Å². The van der Waals surface area contributed by atoms with E-state index in [1.807, 2.05) is 39.0 Å². The maximum atomic E-state index is 12.8. The number of hydrogen-bond donors (Lipinski definition) is 1. The van der Waals surface area contributed by atoms with Gasteiger partial charge < -0.3 is 14.6 Å². The molecule has 11 heteroatoms. The second-order valence-electron chi connectivity index (χ2n) is 8.88. The zero-order chi connectivity index (χ0) is 22.8. The number of nitrogens with zero attached hydrogens (tertiary/aromatic N) is 6. The highest BCUT2D eigenvalue weighted by Crippen LogP contribution is 2.23. The molecule has 1 fully saturated rings. The Morgan fingerprint density at radius 3 is 2.56 bits per heavy atom. The Kier molecular flexibility index (Phi) is 9.64. The number of halogens is 2. The van der Waals surface area contributed by atoms with Crippen LogP contribution in [0.5, 0.6) is 0 Å². The molecule has 3 aromatic rings. The normalized spacial score (nSPS) is 15.8. The summed E-state index contributed by atoms with van der Waals surface area (Å²) in [6, 6.07) is 7.42. The van der Waals surface area contributed by atoms with Gasteiger partial charge in [-0.3, -0.25) is 9.69 Å². The van der Waals surface area contributed by atoms with Gasteiger partial charge in [-0.2, -0.15) is 5.10 Å². The zero-order valence-electron chi connectivity index (χ0n) is 20.2. The van der Waals surface area contributed by atoms with Gasteiger partial charge in [-0.1, -0.05) is 0 Å². The molecule has 0 saturated carbocycles. The number of hydrogen-bond acceptors (Lipinski definition) is 7. The lowest BCUT2D eigenvalue weighted by Crippen LogP contribution is -2.33. The molecular formula is C23H33Cl2N7O2. The van der Waals surface area contributed by atoms with Crippen LogP contribution >= 0.6 is 24.8 Å². The van der Waals surface area contributed by atoms with Crippen LogP contribution in [0.3, 0.4) is 0 Å². The van der Waals surface area contributed by atoms with E-state index >= 15 is 0 Å². The van der Waals surface area contributed by atoms with E-state index in [0.717, 1.165) is 43.2 Å². The number of anilines is 1. The maximum absolute atomic E-state index is 12.8. The van der Waals surface area contributed by atoms with E-state index in [2.05, 4.69) is 44.3 Å². The van der Waals surface area contributed by atoms with Crippen LogP contribution in [0.2, 0.25) is 0 Å². The molecule has 3 aromatic heterocycles. The molecule has 1 aliphatic rings. The Bertz CT molecular complexity index is 1110. The molecule has 0 spiro atoms. The number of aromatic nitrogens is 4. The molecule has 0 unspecified atom stereocenters. The third-order valence-corrected chi connectivity index (χ3v) is 5.53. The van der Waals surface area contributed by atoms with Crippen molar-refractivity contribution in [3.63, 3.8) is 0 Å². The van der Waals surface area contributed by atoms with Crippen molar-refractivity contribution in [2.24, 2.45) is 5.92 Å². The average Bonchev–Trinajstić information content (AvgIpc) is 3.41. The third-order valence-electron chi connectivity index (χ3n) is 5.53. The topological polar surface area (TPSA) is 92.3 Å². The summed E-state index contributed by atoms with van der Waals surface area (Å²) >= 11 is 0. The second kappa shape index (κ2) is 11.8. The SMILES string of the molecule is Cc1cc(C)n(-c2cc(NC(=O)CN3CC[C@H](CN(C)C)C3)nc(-c3ccc(C)o3)n2)n1.Cl.Cl. The van der Waals surface area contributed by atoms with Crippen LogP contribution in [0.1, 0.15) is 23.6 Å². The van der Waals surface area contributed by atoms with Crippen LogP contribution in [-0.2, 0) is 4.79 Å². The molecule has 1 N–H and O–H groups in total. The summed E-state index contributed by atoms with van der Waals surface area (Å²) in [7, 11) is 4.17. The van der Waals surface area contributed by atoms with E-state index in [4.69, 9.17) is 4.42 Å². The molecule has 0 bridgehead atoms. The van der Waals surface area contributed by atoms with Crippen LogP contribution in [0.25, 0.3) is 17.4 Å². The van der Waals surface area contributed by atoms with Crippen LogP contribution in [0.15, 0.2) is 28.7 Å². The second-order valence-corrected chi connectivity index (χ2v) is 8.88. The van der Waals surface area contributed by atoms with Gasteiger partial charge in [0.25, 0.3) is 0 Å². The highest BCUT2D eigenvalue weighted by Gasteiger charge is 2.24. The Labute approximate surface area is 212 Å². The maximum Gasteiger partial charge on any atom is 0.239 e. The first-order valence-corrected chi connectivity index (χ1v) is 10.9. The Hall–Kier alpha value is -2.46. The van der Waals surface area contributed by atoms with Crippen molar-refractivity contribution in [3.05, 3.63) is 41.4 Å². The predicted octanol–water partition coefficient (Wildman–Crippen LogP) is 3.51. The third kappa shape index (κ3) is 6.79. The Morgan fingerprint density at radius 1 is 1.18 bits per heavy atom. The molecule has 1 amide bonds. The minimum absolute atomic E-state index is 0. The fraction of sp³-hybridized carbons (Fsp3) is 0.478. The number of amides is 1. The summed E-state index contributed by atoms with van der Waals surface area (Å²) in [5.74, 6) is 3.25. The summed E-state index contributed by atoms with van der Waals surface area (Å²) < 4.78 is 7.48. The van der Waals surface area contributed by atoms with Crippen molar-refractivity contribution in [2.75, 3.05) is 45.6 Å². The highest BCUT2D eigenvalue weighted by atomic mass is 35.5. The number of carbonyl (C=O) groups is 1. The molecule has 4 heterocycles. The van der Waals surface area contributed by atoms with Gasteiger partial charge in [-0.15, -0.1) is 24.8 Å². The van der Waals surface area contributed by atoms with E-state index < -0.39 is 0 Å². The molecular weight excluding hydrogens is 477 g/mol. The first-order chi connectivity index (χ1) is 15.3. The fourth-order valence-electron chi connectivity index (χ4n) is 4.24. The Balaban J connectivity index is 0.00000204. The van der Waals surface area contributed by atoms with E-state index in [9.17, 15) is 4.79 Å². The van der Waals surface area contributed by atoms with Crippen molar-refractivity contribution in [3.8, 4) is 17.4 Å². The monoisotopic (exact) mass is 509 g/mol. The molecule has 4 rings (SSSR count). The average molecular weight is 510 g/mol. The van der Waals surface area contributed by atoms with Gasteiger partial charge in [0.1, 0.15) is 11.6 Å². The number of carbonyl (C=O) groups excluding carboxylic acids is 1. The minimum atomic E-state index is -0.0879. The summed E-state index contributed by atoms with van der Waals surface area (Å²) in [5.41, 5.74) is 1.84. The largest absolute Gasteiger partial charge is 0.458 e. The lowest BCUT2D eigenvalue weighted by Gasteiger charge is -2.18. The summed E-state index contributed by atoms with van der Waals surface area (Å²) in [4.78, 5) is 26.4. The van der Waals surface area contributed by atoms with Crippen molar-refractivity contribution in [1.82, 2.24) is 29.5 Å². The van der Waals surface area contributed by atoms with Gasteiger partial charge in [-0.25, -0.2) is 14.6 Å². The quantitative estimate of drug-likeness (QED) is 0.520. The lowest BCUT2D eigenvalue weighted by molar-refractivity contribution is -0.117. The van der Waals surface area contributed by atoms with E-state index in [1.54, 1.807) is 10.7 Å². The number of rotatable bonds is 7. The van der Waals surface area contributed by atoms with Gasteiger partial charge >= 0.3 is 0 Å². The van der Waals surface area contributed by atoms with Gasteiger partial charge in [0.2, 0.25) is 5.91 Å².